The molecule has 29 heavy (non-hydrogen) atoms. The molecular formula is C18H15F2N5O3S. The molecule has 8 nitrogen and oxygen atoms in total. The van der Waals surface area contributed by atoms with E-state index in [0.717, 1.165) is 10.4 Å². The molecule has 4 rings (SSSR count). The van der Waals surface area contributed by atoms with Gasteiger partial charge in [0.05, 0.1) is 16.8 Å². The van der Waals surface area contributed by atoms with Gasteiger partial charge in [-0.05, 0) is 29.8 Å². The van der Waals surface area contributed by atoms with Crippen LogP contribution in [0.3, 0.4) is 0 Å². The number of nitrogens with one attached hydrogen (secondary N) is 2. The molecule has 1 aliphatic heterocycles. The summed E-state index contributed by atoms with van der Waals surface area (Å²) in [5.41, 5.74) is 8.54. The van der Waals surface area contributed by atoms with Crippen molar-refractivity contribution >= 4 is 34.6 Å². The topological polar surface area (TPSA) is 111 Å². The van der Waals surface area contributed by atoms with Crippen LogP contribution in [0.2, 0.25) is 0 Å². The number of nitrogen functional groups attached to an aromatic ring is 1. The average molecular weight is 419 g/mol. The molecule has 1 aliphatic rings. The molecule has 0 atom stereocenters. The van der Waals surface area contributed by atoms with Crippen LogP contribution in [0.15, 0.2) is 42.0 Å². The van der Waals surface area contributed by atoms with Gasteiger partial charge in [0.1, 0.15) is 11.6 Å². The lowest BCUT2D eigenvalue weighted by Gasteiger charge is -2.08. The van der Waals surface area contributed by atoms with Crippen molar-refractivity contribution in [3.8, 4) is 11.5 Å². The number of carbonyl (C=O) groups is 1. The quantitative estimate of drug-likeness (QED) is 0.562. The fraction of sp³-hybridized carbons (Fsp3) is 0.167. The summed E-state index contributed by atoms with van der Waals surface area (Å²) in [6.07, 6.45) is -2.02. The van der Waals surface area contributed by atoms with Crippen molar-refractivity contribution in [2.24, 2.45) is 0 Å². The highest BCUT2D eigenvalue weighted by Crippen LogP contribution is 2.42. The van der Waals surface area contributed by atoms with Crippen molar-refractivity contribution in [2.75, 3.05) is 16.4 Å². The summed E-state index contributed by atoms with van der Waals surface area (Å²) in [5, 5.41) is 5.82. The highest BCUT2D eigenvalue weighted by molar-refractivity contribution is 7.10. The predicted molar refractivity (Wildman–Crippen MR) is 103 cm³/mol. The Morgan fingerprint density at radius 3 is 2.83 bits per heavy atom. The zero-order chi connectivity index (χ0) is 20.4. The lowest BCUT2D eigenvalue weighted by molar-refractivity contribution is -0.286. The van der Waals surface area contributed by atoms with Crippen molar-refractivity contribution in [1.29, 1.82) is 0 Å². The lowest BCUT2D eigenvalue weighted by Crippen LogP contribution is -2.25. The Hall–Kier alpha value is -3.47. The van der Waals surface area contributed by atoms with Crippen LogP contribution in [-0.4, -0.2) is 22.2 Å². The van der Waals surface area contributed by atoms with Crippen molar-refractivity contribution in [1.82, 2.24) is 9.97 Å². The number of carbonyl (C=O) groups excluding carboxylic acids is 1. The van der Waals surface area contributed by atoms with E-state index in [-0.39, 0.29) is 23.8 Å². The third kappa shape index (κ3) is 4.51. The molecule has 150 valence electrons. The third-order valence-electron chi connectivity index (χ3n) is 3.95. The fourth-order valence-corrected chi connectivity index (χ4v) is 3.44. The molecule has 0 unspecified atom stereocenters. The van der Waals surface area contributed by atoms with E-state index in [1.54, 1.807) is 17.8 Å². The molecule has 0 fully saturated rings. The van der Waals surface area contributed by atoms with Gasteiger partial charge >= 0.3 is 6.29 Å². The Morgan fingerprint density at radius 1 is 1.17 bits per heavy atom. The minimum absolute atomic E-state index is 0.0656. The minimum atomic E-state index is -3.70. The number of hydrogen-bond donors (Lipinski definition) is 3. The van der Waals surface area contributed by atoms with Crippen LogP contribution >= 0.6 is 11.3 Å². The number of aromatic nitrogens is 2. The van der Waals surface area contributed by atoms with E-state index in [1.165, 1.54) is 29.5 Å². The minimum Gasteiger partial charge on any atom is -0.395 e. The smallest absolute Gasteiger partial charge is 0.395 e. The van der Waals surface area contributed by atoms with E-state index in [0.29, 0.717) is 23.9 Å². The maximum atomic E-state index is 13.1. The van der Waals surface area contributed by atoms with Gasteiger partial charge in [-0.2, -0.15) is 0 Å². The second kappa shape index (κ2) is 7.51. The van der Waals surface area contributed by atoms with Crippen molar-refractivity contribution in [3.05, 3.63) is 52.5 Å². The van der Waals surface area contributed by atoms with Crippen LogP contribution in [0, 0.1) is 0 Å². The first-order valence-corrected chi connectivity index (χ1v) is 9.32. The normalized spacial score (nSPS) is 13.9. The number of thiazole rings is 1. The third-order valence-corrected chi connectivity index (χ3v) is 4.79. The van der Waals surface area contributed by atoms with Gasteiger partial charge in [0, 0.05) is 24.5 Å². The summed E-state index contributed by atoms with van der Waals surface area (Å²) in [6, 6.07) is 7.63. The Bertz CT molecular complexity index is 1060. The Labute approximate surface area is 167 Å². The first kappa shape index (κ1) is 18.9. The molecule has 0 saturated heterocycles. The number of benzene rings is 1. The van der Waals surface area contributed by atoms with Gasteiger partial charge < -0.3 is 25.8 Å². The molecule has 1 aromatic carbocycles. The second-order valence-corrected chi connectivity index (χ2v) is 7.06. The molecule has 3 heterocycles. The molecule has 0 bridgehead atoms. The molecule has 4 N–H and O–H groups in total. The van der Waals surface area contributed by atoms with Gasteiger partial charge in [-0.15, -0.1) is 20.1 Å². The Kier molecular flexibility index (Phi) is 4.89. The molecule has 1 amide bonds. The van der Waals surface area contributed by atoms with Crippen LogP contribution in [0.25, 0.3) is 0 Å². The maximum Gasteiger partial charge on any atom is 0.586 e. The number of amides is 1. The number of pyridine rings is 1. The largest absolute Gasteiger partial charge is 0.586 e. The van der Waals surface area contributed by atoms with Crippen LogP contribution in [-0.2, 0) is 17.8 Å². The second-order valence-electron chi connectivity index (χ2n) is 6.12. The monoisotopic (exact) mass is 419 g/mol. The number of anilines is 3. The number of alkyl halides is 2. The highest BCUT2D eigenvalue weighted by Gasteiger charge is 2.43. The zero-order valence-electron chi connectivity index (χ0n) is 14.8. The van der Waals surface area contributed by atoms with Gasteiger partial charge in [0.25, 0.3) is 0 Å². The molecule has 3 aromatic rings. The van der Waals surface area contributed by atoms with E-state index >= 15 is 0 Å². The molecule has 2 aromatic heterocycles. The van der Waals surface area contributed by atoms with Crippen molar-refractivity contribution in [3.63, 3.8) is 0 Å². The fourth-order valence-electron chi connectivity index (χ4n) is 2.71. The standard InChI is InChI=1S/C18H15F2N5O3S/c19-18(20)27-12-2-1-11(6-13(12)28-18)25-16(26)7-14-17(24-9-29-14)23-8-10-3-4-22-15(21)5-10/h1-6,9,23H,7-8H2,(H2,21,22)(H,25,26). The summed E-state index contributed by atoms with van der Waals surface area (Å²) in [7, 11) is 0. The van der Waals surface area contributed by atoms with Crippen molar-refractivity contribution < 1.29 is 23.0 Å². The number of nitrogens with two attached hydrogens (primary N) is 1. The first-order valence-electron chi connectivity index (χ1n) is 8.44. The molecule has 11 heteroatoms. The molecular weight excluding hydrogens is 404 g/mol. The summed E-state index contributed by atoms with van der Waals surface area (Å²) in [5.74, 6) is 0.467. The van der Waals surface area contributed by atoms with Crippen LogP contribution in [0.5, 0.6) is 11.5 Å². The van der Waals surface area contributed by atoms with Crippen molar-refractivity contribution in [2.45, 2.75) is 19.3 Å². The lowest BCUT2D eigenvalue weighted by atomic mass is 10.2. The van der Waals surface area contributed by atoms with Gasteiger partial charge in [-0.3, -0.25) is 4.79 Å². The molecule has 0 spiro atoms. The molecule has 0 saturated carbocycles. The summed E-state index contributed by atoms with van der Waals surface area (Å²) in [6.45, 7) is 0.474. The number of rotatable bonds is 6. The summed E-state index contributed by atoms with van der Waals surface area (Å²) in [4.78, 5) is 21.3. The SMILES string of the molecule is Nc1cc(CNc2ncsc2CC(=O)Nc2ccc3c(c2)OC(F)(F)O3)ccn1. The number of ether oxygens (including phenoxy) is 2. The summed E-state index contributed by atoms with van der Waals surface area (Å²) < 4.78 is 34.9. The van der Waals surface area contributed by atoms with E-state index in [2.05, 4.69) is 30.1 Å². The average Bonchev–Trinajstić information content (AvgIpc) is 3.21. The van der Waals surface area contributed by atoms with E-state index in [4.69, 9.17) is 5.73 Å². The van der Waals surface area contributed by atoms with Gasteiger partial charge in [0.15, 0.2) is 11.5 Å². The highest BCUT2D eigenvalue weighted by atomic mass is 32.1. The van der Waals surface area contributed by atoms with Crippen LogP contribution in [0.4, 0.5) is 26.1 Å². The summed E-state index contributed by atoms with van der Waals surface area (Å²) >= 11 is 1.33. The first-order chi connectivity index (χ1) is 13.9. The number of halogens is 2. The predicted octanol–water partition coefficient (Wildman–Crippen LogP) is 3.24. The van der Waals surface area contributed by atoms with Gasteiger partial charge in [-0.1, -0.05) is 0 Å². The van der Waals surface area contributed by atoms with E-state index < -0.39 is 6.29 Å². The zero-order valence-corrected chi connectivity index (χ0v) is 15.6. The molecule has 0 aliphatic carbocycles. The van der Waals surface area contributed by atoms with Gasteiger partial charge in [0.2, 0.25) is 5.91 Å². The van der Waals surface area contributed by atoms with Crippen LogP contribution < -0.4 is 25.8 Å². The van der Waals surface area contributed by atoms with Gasteiger partial charge in [-0.25, -0.2) is 9.97 Å². The number of nitrogens with zero attached hydrogens (tertiary/aromatic N) is 2. The van der Waals surface area contributed by atoms with E-state index in [9.17, 15) is 13.6 Å². The van der Waals surface area contributed by atoms with Crippen LogP contribution in [0.1, 0.15) is 10.4 Å². The Balaban J connectivity index is 1.37. The maximum absolute atomic E-state index is 13.1. The number of hydrogen-bond acceptors (Lipinski definition) is 8. The molecule has 0 radical (unpaired) electrons. The van der Waals surface area contributed by atoms with E-state index in [1.807, 2.05) is 6.07 Å². The number of fused-ring (bicyclic) bond motifs is 1. The Morgan fingerprint density at radius 2 is 2.00 bits per heavy atom.